The quantitative estimate of drug-likeness (QED) is 0.676. The molecular formula is C23H18O3. The summed E-state index contributed by atoms with van der Waals surface area (Å²) in [4.78, 5) is 12.0. The van der Waals surface area contributed by atoms with Crippen LogP contribution in [-0.2, 0) is 10.2 Å². The molecule has 3 aromatic carbocycles. The van der Waals surface area contributed by atoms with Gasteiger partial charge in [0.05, 0.1) is 5.57 Å². The van der Waals surface area contributed by atoms with Crippen LogP contribution >= 0.6 is 0 Å². The van der Waals surface area contributed by atoms with Crippen LogP contribution in [0.25, 0.3) is 27.5 Å². The maximum Gasteiger partial charge on any atom is 0.336 e. The topological polar surface area (TPSA) is 46.5 Å². The summed E-state index contributed by atoms with van der Waals surface area (Å²) in [5.41, 5.74) is 5.38. The van der Waals surface area contributed by atoms with Crippen molar-refractivity contribution in [2.75, 3.05) is 6.61 Å². The van der Waals surface area contributed by atoms with Crippen molar-refractivity contribution in [1.29, 1.82) is 0 Å². The third-order valence-electron chi connectivity index (χ3n) is 5.68. The summed E-state index contributed by atoms with van der Waals surface area (Å²) in [5.74, 6) is -0.209. The SMILES string of the molecule is CC1(C)c2ccccc2-c2c1c1c(c3ccccc23)OCC=C1C(=O)O. The van der Waals surface area contributed by atoms with Gasteiger partial charge in [-0.3, -0.25) is 0 Å². The van der Waals surface area contributed by atoms with Gasteiger partial charge >= 0.3 is 5.97 Å². The van der Waals surface area contributed by atoms with Gasteiger partial charge in [-0.1, -0.05) is 62.4 Å². The number of ether oxygens (including phenoxy) is 1. The Balaban J connectivity index is 2.05. The second kappa shape index (κ2) is 4.98. The van der Waals surface area contributed by atoms with Crippen molar-refractivity contribution in [3.8, 4) is 16.9 Å². The van der Waals surface area contributed by atoms with Crippen LogP contribution in [0.4, 0.5) is 0 Å². The van der Waals surface area contributed by atoms with Gasteiger partial charge in [0, 0.05) is 16.4 Å². The molecule has 0 bridgehead atoms. The van der Waals surface area contributed by atoms with Crippen LogP contribution in [0.3, 0.4) is 0 Å². The molecule has 1 aliphatic carbocycles. The lowest BCUT2D eigenvalue weighted by Crippen LogP contribution is -2.21. The fourth-order valence-corrected chi connectivity index (χ4v) is 4.60. The predicted octanol–water partition coefficient (Wildman–Crippen LogP) is 5.01. The van der Waals surface area contributed by atoms with Crippen LogP contribution in [0.1, 0.15) is 30.5 Å². The monoisotopic (exact) mass is 342 g/mol. The third kappa shape index (κ3) is 1.75. The highest BCUT2D eigenvalue weighted by Gasteiger charge is 2.42. The zero-order chi connectivity index (χ0) is 18.1. The Morgan fingerprint density at radius 1 is 1.00 bits per heavy atom. The minimum absolute atomic E-state index is 0.283. The lowest BCUT2D eigenvalue weighted by molar-refractivity contribution is -0.130. The molecule has 0 saturated carbocycles. The van der Waals surface area contributed by atoms with Crippen molar-refractivity contribution < 1.29 is 14.6 Å². The van der Waals surface area contributed by atoms with E-state index in [9.17, 15) is 9.90 Å². The number of aliphatic carboxylic acids is 1. The van der Waals surface area contributed by atoms with Crippen molar-refractivity contribution in [2.45, 2.75) is 19.3 Å². The van der Waals surface area contributed by atoms with Gasteiger partial charge < -0.3 is 9.84 Å². The first-order valence-electron chi connectivity index (χ1n) is 8.77. The molecule has 26 heavy (non-hydrogen) atoms. The number of carbonyl (C=O) groups is 1. The summed E-state index contributed by atoms with van der Waals surface area (Å²) in [6.45, 7) is 4.62. The fourth-order valence-electron chi connectivity index (χ4n) is 4.60. The maximum absolute atomic E-state index is 12.0. The van der Waals surface area contributed by atoms with Crippen LogP contribution in [0.5, 0.6) is 5.75 Å². The van der Waals surface area contributed by atoms with E-state index in [-0.39, 0.29) is 12.0 Å². The largest absolute Gasteiger partial charge is 0.488 e. The molecule has 1 heterocycles. The first kappa shape index (κ1) is 15.2. The molecule has 3 heteroatoms. The van der Waals surface area contributed by atoms with Crippen LogP contribution in [-0.4, -0.2) is 17.7 Å². The Morgan fingerprint density at radius 2 is 1.69 bits per heavy atom. The van der Waals surface area contributed by atoms with Crippen molar-refractivity contribution in [3.63, 3.8) is 0 Å². The average Bonchev–Trinajstić information content (AvgIpc) is 2.89. The van der Waals surface area contributed by atoms with E-state index < -0.39 is 5.97 Å². The molecule has 1 N–H and O–H groups in total. The van der Waals surface area contributed by atoms with Crippen molar-refractivity contribution in [2.24, 2.45) is 0 Å². The van der Waals surface area contributed by atoms with Gasteiger partial charge in [-0.2, -0.15) is 0 Å². The van der Waals surface area contributed by atoms with Crippen LogP contribution in [0.15, 0.2) is 54.6 Å². The number of carboxylic acid groups (broad SMARTS) is 1. The van der Waals surface area contributed by atoms with Crippen molar-refractivity contribution in [1.82, 2.24) is 0 Å². The zero-order valence-corrected chi connectivity index (χ0v) is 14.7. The van der Waals surface area contributed by atoms with Gasteiger partial charge in [-0.25, -0.2) is 4.79 Å². The molecule has 0 fully saturated rings. The molecule has 0 radical (unpaired) electrons. The predicted molar refractivity (Wildman–Crippen MR) is 103 cm³/mol. The molecule has 0 atom stereocenters. The van der Waals surface area contributed by atoms with E-state index in [0.717, 1.165) is 27.5 Å². The Bertz CT molecular complexity index is 1140. The summed E-state index contributed by atoms with van der Waals surface area (Å²) in [5, 5.41) is 11.9. The molecule has 128 valence electrons. The van der Waals surface area contributed by atoms with Gasteiger partial charge in [-0.05, 0) is 33.7 Å². The molecule has 0 unspecified atom stereocenters. The standard InChI is InChI=1S/C23H18O3/c1-23(2)17-10-6-5-9-15(17)18-13-7-3-4-8-14(13)21-19(20(18)23)16(22(24)25)11-12-26-21/h3-11H,12H2,1-2H3,(H,24,25). The zero-order valence-electron chi connectivity index (χ0n) is 14.7. The van der Waals surface area contributed by atoms with Gasteiger partial charge in [0.2, 0.25) is 0 Å². The Kier molecular flexibility index (Phi) is 2.91. The summed E-state index contributed by atoms with van der Waals surface area (Å²) in [7, 11) is 0. The first-order chi connectivity index (χ1) is 12.5. The highest BCUT2D eigenvalue weighted by Crippen LogP contribution is 2.57. The lowest BCUT2D eigenvalue weighted by Gasteiger charge is -2.29. The summed E-state index contributed by atoms with van der Waals surface area (Å²) >= 11 is 0. The minimum Gasteiger partial charge on any atom is -0.488 e. The van der Waals surface area contributed by atoms with Crippen LogP contribution in [0.2, 0.25) is 0 Å². The van der Waals surface area contributed by atoms with E-state index in [4.69, 9.17) is 4.74 Å². The Morgan fingerprint density at radius 3 is 2.46 bits per heavy atom. The van der Waals surface area contributed by atoms with Crippen LogP contribution in [0, 0.1) is 0 Å². The smallest absolute Gasteiger partial charge is 0.336 e. The second-order valence-electron chi connectivity index (χ2n) is 7.40. The molecule has 5 rings (SSSR count). The van der Waals surface area contributed by atoms with Crippen LogP contribution < -0.4 is 4.74 Å². The third-order valence-corrected chi connectivity index (χ3v) is 5.68. The summed E-state index contributed by atoms with van der Waals surface area (Å²) in [6, 6.07) is 16.5. The molecule has 0 amide bonds. The highest BCUT2D eigenvalue weighted by molar-refractivity contribution is 6.21. The first-order valence-corrected chi connectivity index (χ1v) is 8.77. The Hall–Kier alpha value is -3.07. The lowest BCUT2D eigenvalue weighted by atomic mass is 9.77. The molecule has 0 spiro atoms. The van der Waals surface area contributed by atoms with E-state index >= 15 is 0 Å². The number of hydrogen-bond acceptors (Lipinski definition) is 2. The molecule has 3 aromatic rings. The van der Waals surface area contributed by atoms with Gasteiger partial charge in [0.25, 0.3) is 0 Å². The van der Waals surface area contributed by atoms with E-state index in [1.165, 1.54) is 11.1 Å². The minimum atomic E-state index is -0.904. The Labute approximate surface area is 151 Å². The van der Waals surface area contributed by atoms with Crippen molar-refractivity contribution in [3.05, 3.63) is 71.3 Å². The molecular weight excluding hydrogens is 324 g/mol. The number of benzene rings is 3. The molecule has 0 aromatic heterocycles. The van der Waals surface area contributed by atoms with E-state index in [0.29, 0.717) is 11.3 Å². The van der Waals surface area contributed by atoms with Gasteiger partial charge in [-0.15, -0.1) is 0 Å². The van der Waals surface area contributed by atoms with Gasteiger partial charge in [0.15, 0.2) is 0 Å². The number of hydrogen-bond donors (Lipinski definition) is 1. The number of carboxylic acids is 1. The number of fused-ring (bicyclic) bond motifs is 8. The van der Waals surface area contributed by atoms with E-state index in [1.54, 1.807) is 6.08 Å². The number of rotatable bonds is 1. The normalized spacial score (nSPS) is 16.3. The second-order valence-corrected chi connectivity index (χ2v) is 7.40. The summed E-state index contributed by atoms with van der Waals surface area (Å²) < 4.78 is 5.99. The van der Waals surface area contributed by atoms with E-state index in [2.05, 4.69) is 32.0 Å². The fraction of sp³-hybridized carbons (Fsp3) is 0.174. The molecule has 0 saturated heterocycles. The van der Waals surface area contributed by atoms with Crippen molar-refractivity contribution >= 4 is 22.3 Å². The maximum atomic E-state index is 12.0. The van der Waals surface area contributed by atoms with Gasteiger partial charge in [0.1, 0.15) is 12.4 Å². The summed E-state index contributed by atoms with van der Waals surface area (Å²) in [6.07, 6.45) is 1.68. The highest BCUT2D eigenvalue weighted by atomic mass is 16.5. The molecule has 1 aliphatic heterocycles. The molecule has 3 nitrogen and oxygen atoms in total. The molecule has 2 aliphatic rings. The van der Waals surface area contributed by atoms with E-state index in [1.807, 2.05) is 30.3 Å². The average molecular weight is 342 g/mol.